The molecular formula is C3H4NO2. The molecule has 1 N–H and O–H groups in total. The number of rotatable bonds is 1. The summed E-state index contributed by atoms with van der Waals surface area (Å²) in [7, 11) is 0. The first-order chi connectivity index (χ1) is 2.84. The molecule has 1 fully saturated rings. The van der Waals surface area contributed by atoms with Crippen LogP contribution in [0.5, 0.6) is 0 Å². The number of hydrogen-bond donors (Lipinski definition) is 1. The molecule has 0 unspecified atom stereocenters. The zero-order valence-electron chi connectivity index (χ0n) is 3.09. The normalized spacial score (nSPS) is 18.8. The molecule has 0 saturated carbocycles. The van der Waals surface area contributed by atoms with E-state index in [-0.39, 0.29) is 5.91 Å². The van der Waals surface area contributed by atoms with Crippen LogP contribution in [0, 0.1) is 6.73 Å². The average molecular weight is 86.1 g/mol. The molecule has 3 heteroatoms. The summed E-state index contributed by atoms with van der Waals surface area (Å²) in [5.41, 5.74) is 0. The van der Waals surface area contributed by atoms with Crippen molar-refractivity contribution >= 4 is 5.91 Å². The molecule has 1 saturated heterocycles. The van der Waals surface area contributed by atoms with E-state index in [2.05, 4.69) is 0 Å². The minimum atomic E-state index is -0.0162. The van der Waals surface area contributed by atoms with Gasteiger partial charge in [-0.2, -0.15) is 0 Å². The highest BCUT2D eigenvalue weighted by Gasteiger charge is 2.28. The van der Waals surface area contributed by atoms with Gasteiger partial charge in [0, 0.05) is 0 Å². The van der Waals surface area contributed by atoms with Crippen molar-refractivity contribution in [3.05, 3.63) is 6.73 Å². The fraction of sp³-hybridized carbons (Fsp3) is 0.333. The highest BCUT2D eigenvalue weighted by atomic mass is 16.3. The minimum Gasteiger partial charge on any atom is -0.369 e. The number of carbonyl (C=O) groups excluding carboxylic acids is 1. The number of carbonyl (C=O) groups is 1. The van der Waals surface area contributed by atoms with E-state index >= 15 is 0 Å². The Morgan fingerprint density at radius 3 is 2.50 bits per heavy atom. The quantitative estimate of drug-likeness (QED) is 0.429. The number of aliphatic hydroxyl groups is 1. The van der Waals surface area contributed by atoms with Crippen molar-refractivity contribution in [1.82, 2.24) is 4.90 Å². The molecule has 1 radical (unpaired) electrons. The van der Waals surface area contributed by atoms with Gasteiger partial charge in [-0.1, -0.05) is 0 Å². The van der Waals surface area contributed by atoms with Crippen molar-refractivity contribution in [2.75, 3.05) is 6.54 Å². The second kappa shape index (κ2) is 0.944. The molecule has 0 atom stereocenters. The average Bonchev–Trinajstić information content (AvgIpc) is 2.19. The van der Waals surface area contributed by atoms with Gasteiger partial charge in [-0.25, -0.2) is 0 Å². The summed E-state index contributed by atoms with van der Waals surface area (Å²) in [4.78, 5) is 11.1. The molecule has 0 aromatic rings. The van der Waals surface area contributed by atoms with Crippen LogP contribution in [0.2, 0.25) is 0 Å². The molecule has 1 aliphatic heterocycles. The summed E-state index contributed by atoms with van der Waals surface area (Å²) in [6, 6.07) is 0. The van der Waals surface area contributed by atoms with Crippen LogP contribution in [-0.2, 0) is 4.79 Å². The summed E-state index contributed by atoms with van der Waals surface area (Å²) in [5, 5.41) is 7.96. The van der Waals surface area contributed by atoms with Crippen LogP contribution >= 0.6 is 0 Å². The Morgan fingerprint density at radius 1 is 2.00 bits per heavy atom. The first-order valence-corrected chi connectivity index (χ1v) is 1.61. The van der Waals surface area contributed by atoms with Gasteiger partial charge in [0.1, 0.15) is 6.54 Å². The number of hydrogen-bond acceptors (Lipinski definition) is 2. The van der Waals surface area contributed by atoms with Crippen molar-refractivity contribution in [2.45, 2.75) is 0 Å². The molecule has 0 aromatic carbocycles. The highest BCUT2D eigenvalue weighted by molar-refractivity contribution is 5.92. The second-order valence-corrected chi connectivity index (χ2v) is 1.14. The molecule has 6 heavy (non-hydrogen) atoms. The van der Waals surface area contributed by atoms with Crippen molar-refractivity contribution in [3.8, 4) is 0 Å². The lowest BCUT2D eigenvalue weighted by molar-refractivity contribution is -0.113. The fourth-order valence-corrected chi connectivity index (χ4v) is 0.216. The van der Waals surface area contributed by atoms with Crippen LogP contribution < -0.4 is 0 Å². The molecule has 1 rings (SSSR count). The maximum absolute atomic E-state index is 9.85. The van der Waals surface area contributed by atoms with Crippen LogP contribution in [0.4, 0.5) is 0 Å². The van der Waals surface area contributed by atoms with Gasteiger partial charge in [-0.05, 0) is 0 Å². The van der Waals surface area contributed by atoms with Gasteiger partial charge >= 0.3 is 0 Å². The van der Waals surface area contributed by atoms with E-state index in [1.807, 2.05) is 0 Å². The molecule has 0 bridgehead atoms. The summed E-state index contributed by atoms with van der Waals surface area (Å²) < 4.78 is 0. The first-order valence-electron chi connectivity index (χ1n) is 1.61. The van der Waals surface area contributed by atoms with Crippen molar-refractivity contribution < 1.29 is 9.90 Å². The van der Waals surface area contributed by atoms with E-state index < -0.39 is 0 Å². The lowest BCUT2D eigenvalue weighted by Crippen LogP contribution is -1.89. The van der Waals surface area contributed by atoms with Crippen molar-refractivity contribution in [1.29, 1.82) is 0 Å². The molecule has 33 valence electrons. The topological polar surface area (TPSA) is 40.3 Å². The van der Waals surface area contributed by atoms with Gasteiger partial charge in [0.2, 0.25) is 5.91 Å². The van der Waals surface area contributed by atoms with E-state index in [1.165, 1.54) is 4.90 Å². The van der Waals surface area contributed by atoms with Gasteiger partial charge in [0.25, 0.3) is 0 Å². The monoisotopic (exact) mass is 86.0 g/mol. The Morgan fingerprint density at radius 2 is 2.50 bits per heavy atom. The molecule has 3 nitrogen and oxygen atoms in total. The highest BCUT2D eigenvalue weighted by Crippen LogP contribution is 2.05. The van der Waals surface area contributed by atoms with Crippen LogP contribution in [0.25, 0.3) is 0 Å². The molecule has 1 aliphatic rings. The van der Waals surface area contributed by atoms with E-state index in [1.54, 1.807) is 0 Å². The Hall–Kier alpha value is -0.570. The van der Waals surface area contributed by atoms with E-state index in [4.69, 9.17) is 5.11 Å². The Labute approximate surface area is 35.2 Å². The number of nitrogens with zero attached hydrogens (tertiary/aromatic N) is 1. The summed E-state index contributed by atoms with van der Waals surface area (Å²) in [6.07, 6.45) is 0. The largest absolute Gasteiger partial charge is 0.369 e. The maximum Gasteiger partial charge on any atom is 0.244 e. The predicted octanol–water partition coefficient (Wildman–Crippen LogP) is -0.680. The van der Waals surface area contributed by atoms with Crippen LogP contribution in [0.1, 0.15) is 0 Å². The van der Waals surface area contributed by atoms with Gasteiger partial charge in [-0.15, -0.1) is 0 Å². The smallest absolute Gasteiger partial charge is 0.244 e. The third-order valence-corrected chi connectivity index (χ3v) is 0.662. The van der Waals surface area contributed by atoms with Crippen LogP contribution in [0.3, 0.4) is 0 Å². The lowest BCUT2D eigenvalue weighted by Gasteiger charge is -1.80. The second-order valence-electron chi connectivity index (χ2n) is 1.14. The Bertz CT molecular complexity index is 80.9. The molecule has 1 amide bonds. The van der Waals surface area contributed by atoms with Crippen LogP contribution in [0.15, 0.2) is 0 Å². The molecule has 0 aromatic heterocycles. The van der Waals surface area contributed by atoms with Crippen molar-refractivity contribution in [2.24, 2.45) is 0 Å². The van der Waals surface area contributed by atoms with Gasteiger partial charge in [0.15, 0.2) is 6.73 Å². The summed E-state index contributed by atoms with van der Waals surface area (Å²) in [6.45, 7) is 1.17. The lowest BCUT2D eigenvalue weighted by atomic mass is 11.0. The third-order valence-electron chi connectivity index (χ3n) is 0.662. The summed E-state index contributed by atoms with van der Waals surface area (Å²) in [5.74, 6) is -0.0162. The van der Waals surface area contributed by atoms with Gasteiger partial charge in [-0.3, -0.25) is 4.79 Å². The van der Waals surface area contributed by atoms with E-state index in [0.29, 0.717) is 6.54 Å². The third kappa shape index (κ3) is 0.367. The fourth-order valence-electron chi connectivity index (χ4n) is 0.216. The predicted molar refractivity (Wildman–Crippen MR) is 17.9 cm³/mol. The number of amides is 1. The van der Waals surface area contributed by atoms with E-state index in [0.717, 1.165) is 6.73 Å². The Kier molecular flexibility index (Phi) is 0.569. The molecular weight excluding hydrogens is 82.0 g/mol. The number of aliphatic hydroxyl groups excluding tert-OH is 1. The van der Waals surface area contributed by atoms with Crippen molar-refractivity contribution in [3.63, 3.8) is 0 Å². The van der Waals surface area contributed by atoms with Crippen LogP contribution in [-0.4, -0.2) is 22.5 Å². The minimum absolute atomic E-state index is 0.0162. The zero-order valence-corrected chi connectivity index (χ0v) is 3.09. The maximum atomic E-state index is 9.85. The summed E-state index contributed by atoms with van der Waals surface area (Å²) >= 11 is 0. The van der Waals surface area contributed by atoms with Gasteiger partial charge < -0.3 is 10.0 Å². The van der Waals surface area contributed by atoms with E-state index in [9.17, 15) is 4.79 Å². The van der Waals surface area contributed by atoms with Gasteiger partial charge in [0.05, 0.1) is 0 Å². The molecule has 1 heterocycles. The standard InChI is InChI=1S/C3H4NO2/c5-2-4-1-3(4)6/h2,5H,1H2. The first kappa shape index (κ1) is 3.61. The Balaban J connectivity index is 2.26. The molecule has 0 aliphatic carbocycles. The molecule has 0 spiro atoms. The SMILES string of the molecule is O=C1CN1[CH]O. The zero-order chi connectivity index (χ0) is 4.57.